The van der Waals surface area contributed by atoms with Gasteiger partial charge in [0.1, 0.15) is 0 Å². The Bertz CT molecular complexity index is 619. The summed E-state index contributed by atoms with van der Waals surface area (Å²) >= 11 is 0. The van der Waals surface area contributed by atoms with Gasteiger partial charge in [0, 0.05) is 16.8 Å². The van der Waals surface area contributed by atoms with Crippen LogP contribution in [0.4, 0.5) is 0 Å². The second-order valence-corrected chi connectivity index (χ2v) is 5.14. The monoisotopic (exact) mass is 286 g/mol. The third kappa shape index (κ3) is 2.62. The predicted octanol–water partition coefficient (Wildman–Crippen LogP) is 3.21. The van der Waals surface area contributed by atoms with Crippen molar-refractivity contribution in [3.8, 4) is 0 Å². The van der Waals surface area contributed by atoms with E-state index in [9.17, 15) is 9.59 Å². The van der Waals surface area contributed by atoms with Gasteiger partial charge >= 0.3 is 0 Å². The van der Waals surface area contributed by atoms with Crippen molar-refractivity contribution in [2.24, 2.45) is 4.99 Å². The van der Waals surface area contributed by atoms with E-state index in [0.29, 0.717) is 18.6 Å². The number of carbonyl (C=O) groups is 2. The van der Waals surface area contributed by atoms with Crippen LogP contribution in [0.1, 0.15) is 53.4 Å². The molecule has 0 fully saturated rings. The molecule has 0 saturated heterocycles. The summed E-state index contributed by atoms with van der Waals surface area (Å²) in [5.41, 5.74) is 5.19. The molecule has 0 unspecified atom stereocenters. The summed E-state index contributed by atoms with van der Waals surface area (Å²) in [5.74, 6) is -0.161. The van der Waals surface area contributed by atoms with Gasteiger partial charge in [-0.2, -0.15) is 0 Å². The molecule has 2 aliphatic rings. The molecule has 4 heteroatoms. The molecule has 2 amide bonds. The normalized spacial score (nSPS) is 20.8. The van der Waals surface area contributed by atoms with Crippen LogP contribution in [-0.2, 0) is 9.59 Å². The Morgan fingerprint density at radius 2 is 1.43 bits per heavy atom. The van der Waals surface area contributed by atoms with E-state index in [2.05, 4.69) is 10.3 Å². The van der Waals surface area contributed by atoms with Gasteiger partial charge in [-0.3, -0.25) is 9.59 Å². The van der Waals surface area contributed by atoms with Crippen molar-refractivity contribution in [1.29, 1.82) is 0 Å². The topological polar surface area (TPSA) is 58.5 Å². The van der Waals surface area contributed by atoms with Crippen LogP contribution in [0.2, 0.25) is 0 Å². The highest BCUT2D eigenvalue weighted by atomic mass is 16.2. The zero-order chi connectivity index (χ0) is 15.6. The molecule has 0 aromatic heterocycles. The second-order valence-electron chi connectivity index (χ2n) is 5.14. The van der Waals surface area contributed by atoms with Crippen molar-refractivity contribution < 1.29 is 9.59 Å². The number of nitrogens with one attached hydrogen (secondary N) is 1. The molecule has 4 nitrogen and oxygen atoms in total. The maximum Gasteiger partial charge on any atom is 0.273 e. The van der Waals surface area contributed by atoms with Crippen LogP contribution in [0.15, 0.2) is 39.1 Å². The fourth-order valence-corrected chi connectivity index (χ4v) is 3.02. The summed E-state index contributed by atoms with van der Waals surface area (Å²) in [6.45, 7) is 8.02. The van der Waals surface area contributed by atoms with Gasteiger partial charge in [-0.25, -0.2) is 4.99 Å². The van der Waals surface area contributed by atoms with E-state index in [0.717, 1.165) is 40.8 Å². The van der Waals surface area contributed by atoms with Crippen molar-refractivity contribution in [3.05, 3.63) is 34.1 Å². The van der Waals surface area contributed by atoms with Gasteiger partial charge < -0.3 is 5.32 Å². The van der Waals surface area contributed by atoms with Crippen LogP contribution < -0.4 is 5.32 Å². The SMILES string of the molecule is CCC1=C(CC)C(/C=C2/NC(=O)C(CC)=C2CC)=NC1=O. The molecular formula is C17H22N2O2. The number of aliphatic imine (C=N–C) groups is 1. The molecule has 2 rings (SSSR count). The number of hydrogen-bond acceptors (Lipinski definition) is 2. The first kappa shape index (κ1) is 15.4. The molecule has 21 heavy (non-hydrogen) atoms. The van der Waals surface area contributed by atoms with E-state index in [4.69, 9.17) is 0 Å². The summed E-state index contributed by atoms with van der Waals surface area (Å²) in [6.07, 6.45) is 4.84. The molecule has 0 aromatic carbocycles. The van der Waals surface area contributed by atoms with Crippen molar-refractivity contribution in [2.45, 2.75) is 53.4 Å². The van der Waals surface area contributed by atoms with Gasteiger partial charge in [0.25, 0.3) is 11.8 Å². The highest BCUT2D eigenvalue weighted by Crippen LogP contribution is 2.29. The maximum atomic E-state index is 12.0. The Kier molecular flexibility index (Phi) is 4.56. The molecule has 112 valence electrons. The molecule has 2 heterocycles. The first-order valence-electron chi connectivity index (χ1n) is 7.68. The fraction of sp³-hybridized carbons (Fsp3) is 0.471. The number of allylic oxidation sites excluding steroid dienone is 3. The third-order valence-electron chi connectivity index (χ3n) is 4.06. The van der Waals surface area contributed by atoms with Crippen LogP contribution in [0.25, 0.3) is 0 Å². The minimum absolute atomic E-state index is 0.0248. The van der Waals surface area contributed by atoms with Gasteiger partial charge in [-0.15, -0.1) is 0 Å². The minimum atomic E-state index is -0.136. The van der Waals surface area contributed by atoms with Crippen LogP contribution in [0.3, 0.4) is 0 Å². The molecule has 0 aliphatic carbocycles. The summed E-state index contributed by atoms with van der Waals surface area (Å²) in [7, 11) is 0. The molecule has 0 aromatic rings. The van der Waals surface area contributed by atoms with E-state index in [1.807, 2.05) is 33.8 Å². The molecular weight excluding hydrogens is 264 g/mol. The lowest BCUT2D eigenvalue weighted by Crippen LogP contribution is -2.17. The Morgan fingerprint density at radius 1 is 0.857 bits per heavy atom. The number of rotatable bonds is 5. The maximum absolute atomic E-state index is 12.0. The van der Waals surface area contributed by atoms with Gasteiger partial charge in [0.15, 0.2) is 0 Å². The van der Waals surface area contributed by atoms with Crippen molar-refractivity contribution in [1.82, 2.24) is 5.32 Å². The number of amides is 2. The van der Waals surface area contributed by atoms with Crippen molar-refractivity contribution >= 4 is 17.5 Å². The lowest BCUT2D eigenvalue weighted by Gasteiger charge is -2.06. The van der Waals surface area contributed by atoms with E-state index in [1.54, 1.807) is 0 Å². The number of hydrogen-bond donors (Lipinski definition) is 1. The smallest absolute Gasteiger partial charge is 0.273 e. The summed E-state index contributed by atoms with van der Waals surface area (Å²) in [4.78, 5) is 28.0. The Hall–Kier alpha value is -1.97. The zero-order valence-electron chi connectivity index (χ0n) is 13.2. The van der Waals surface area contributed by atoms with Crippen LogP contribution in [0.5, 0.6) is 0 Å². The lowest BCUT2D eigenvalue weighted by molar-refractivity contribution is -0.116. The standard InChI is InChI=1S/C17H22N2O2/c1-5-10-12(7-3)16(20)18-14(10)9-15-11(6-2)13(8-4)17(21)19-15/h9H,5-8H2,1-4H3,(H,18,20)/b14-9+. The first-order valence-corrected chi connectivity index (χ1v) is 7.68. The van der Waals surface area contributed by atoms with Gasteiger partial charge in [-0.05, 0) is 42.9 Å². The van der Waals surface area contributed by atoms with Crippen molar-refractivity contribution in [3.63, 3.8) is 0 Å². The molecule has 0 radical (unpaired) electrons. The Balaban J connectivity index is 2.44. The highest BCUT2D eigenvalue weighted by molar-refractivity contribution is 6.24. The fourth-order valence-electron chi connectivity index (χ4n) is 3.02. The quantitative estimate of drug-likeness (QED) is 0.843. The van der Waals surface area contributed by atoms with Crippen LogP contribution in [-0.4, -0.2) is 17.5 Å². The average molecular weight is 286 g/mol. The van der Waals surface area contributed by atoms with Gasteiger partial charge in [0.05, 0.1) is 5.71 Å². The number of carbonyl (C=O) groups excluding carboxylic acids is 2. The molecule has 0 saturated carbocycles. The van der Waals surface area contributed by atoms with Crippen LogP contribution in [0, 0.1) is 0 Å². The molecule has 2 aliphatic heterocycles. The average Bonchev–Trinajstić information content (AvgIpc) is 2.94. The van der Waals surface area contributed by atoms with E-state index in [-0.39, 0.29) is 11.8 Å². The molecule has 0 atom stereocenters. The summed E-state index contributed by atoms with van der Waals surface area (Å²) in [6, 6.07) is 0. The van der Waals surface area contributed by atoms with E-state index < -0.39 is 0 Å². The highest BCUT2D eigenvalue weighted by Gasteiger charge is 2.27. The Labute approximate surface area is 125 Å². The Morgan fingerprint density at radius 3 is 1.95 bits per heavy atom. The van der Waals surface area contributed by atoms with Gasteiger partial charge in [0.2, 0.25) is 0 Å². The zero-order valence-corrected chi connectivity index (χ0v) is 13.2. The predicted molar refractivity (Wildman–Crippen MR) is 83.9 cm³/mol. The molecule has 0 spiro atoms. The van der Waals surface area contributed by atoms with Crippen LogP contribution >= 0.6 is 0 Å². The lowest BCUT2D eigenvalue weighted by atomic mass is 9.98. The second kappa shape index (κ2) is 6.20. The summed E-state index contributed by atoms with van der Waals surface area (Å²) < 4.78 is 0. The first-order chi connectivity index (χ1) is 10.1. The molecule has 1 N–H and O–H groups in total. The van der Waals surface area contributed by atoms with E-state index >= 15 is 0 Å². The largest absolute Gasteiger partial charge is 0.322 e. The summed E-state index contributed by atoms with van der Waals surface area (Å²) in [5, 5.41) is 2.91. The molecule has 0 bridgehead atoms. The van der Waals surface area contributed by atoms with Gasteiger partial charge in [-0.1, -0.05) is 27.7 Å². The number of nitrogens with zero attached hydrogens (tertiary/aromatic N) is 1. The van der Waals surface area contributed by atoms with E-state index in [1.165, 1.54) is 0 Å². The third-order valence-corrected chi connectivity index (χ3v) is 4.06. The van der Waals surface area contributed by atoms with Crippen molar-refractivity contribution in [2.75, 3.05) is 0 Å². The minimum Gasteiger partial charge on any atom is -0.322 e.